The summed E-state index contributed by atoms with van der Waals surface area (Å²) in [4.78, 5) is 0. The number of rotatable bonds is 7. The van der Waals surface area contributed by atoms with Gasteiger partial charge in [-0.25, -0.2) is 0 Å². The minimum Gasteiger partial charge on any atom is -0.463 e. The van der Waals surface area contributed by atoms with Crippen molar-refractivity contribution in [1.82, 2.24) is 10.9 Å². The molecule has 2 aromatic heterocycles. The van der Waals surface area contributed by atoms with Gasteiger partial charge in [0.1, 0.15) is 0 Å². The molecular weight excluding hydrogens is 468 g/mol. The number of nitrogens with one attached hydrogen (secondary N) is 4. The van der Waals surface area contributed by atoms with Crippen LogP contribution in [0.5, 0.6) is 0 Å². The van der Waals surface area contributed by atoms with Crippen LogP contribution in [0, 0.1) is 0 Å². The third-order valence-electron chi connectivity index (χ3n) is 4.34. The minimum absolute atomic E-state index is 0.295. The third-order valence-corrected chi connectivity index (χ3v) is 4.72. The Morgan fingerprint density at radius 1 is 0.559 bits per heavy atom. The van der Waals surface area contributed by atoms with E-state index in [0.29, 0.717) is 33.2 Å². The maximum Gasteiger partial charge on any atom is 0.191 e. The van der Waals surface area contributed by atoms with Crippen molar-refractivity contribution in [2.45, 2.75) is 0 Å². The number of hydrogen-bond donors (Lipinski definition) is 4. The smallest absolute Gasteiger partial charge is 0.191 e. The molecule has 4 rings (SSSR count). The van der Waals surface area contributed by atoms with E-state index in [1.165, 1.54) is 0 Å². The molecule has 0 saturated carbocycles. The molecule has 4 N–H and O–H groups in total. The number of para-hydroxylation sites is 2. The summed E-state index contributed by atoms with van der Waals surface area (Å²) in [5.74, 6) is 0.905. The van der Waals surface area contributed by atoms with Gasteiger partial charge in [0.25, 0.3) is 0 Å². The summed E-state index contributed by atoms with van der Waals surface area (Å²) in [6.07, 6.45) is 3.08. The van der Waals surface area contributed by atoms with Gasteiger partial charge in [-0.3, -0.25) is 10.9 Å². The van der Waals surface area contributed by atoms with Crippen LogP contribution in [0.4, 0.5) is 11.4 Å². The van der Waals surface area contributed by atoms with Crippen molar-refractivity contribution in [2.75, 3.05) is 10.6 Å². The Hall–Kier alpha value is -4.28. The molecule has 2 aromatic carbocycles. The molecule has 0 bridgehead atoms. The second-order valence-electron chi connectivity index (χ2n) is 6.74. The van der Waals surface area contributed by atoms with Gasteiger partial charge in [0.2, 0.25) is 0 Å². The normalized spacial score (nSPS) is 11.5. The molecule has 0 amide bonds. The van der Waals surface area contributed by atoms with Crippen molar-refractivity contribution < 1.29 is 8.83 Å². The molecule has 0 saturated heterocycles. The third kappa shape index (κ3) is 6.37. The molecule has 0 aliphatic carbocycles. The van der Waals surface area contributed by atoms with E-state index in [9.17, 15) is 0 Å². The molecule has 0 aliphatic heterocycles. The number of hydrogen-bond acceptors (Lipinski definition) is 6. The molecule has 0 radical (unpaired) electrons. The Kier molecular flexibility index (Phi) is 7.78. The molecule has 0 spiro atoms. The van der Waals surface area contributed by atoms with Crippen LogP contribution in [0.1, 0.15) is 11.5 Å². The lowest BCUT2D eigenvalue weighted by atomic mass is 10.1. The first-order valence-corrected chi connectivity index (χ1v) is 11.0. The van der Waals surface area contributed by atoms with Crippen LogP contribution in [0.2, 0.25) is 0 Å². The number of anilines is 2. The van der Waals surface area contributed by atoms with Crippen molar-refractivity contribution >= 4 is 57.5 Å². The fourth-order valence-corrected chi connectivity index (χ4v) is 3.18. The topological polar surface area (TPSA) is 99.1 Å². The van der Waals surface area contributed by atoms with Crippen LogP contribution >= 0.6 is 24.4 Å². The number of benzene rings is 2. The zero-order valence-corrected chi connectivity index (χ0v) is 19.4. The Morgan fingerprint density at radius 2 is 0.971 bits per heavy atom. The van der Waals surface area contributed by atoms with Gasteiger partial charge in [-0.2, -0.15) is 10.2 Å². The molecule has 0 fully saturated rings. The monoisotopic (exact) mass is 488 g/mol. The average molecular weight is 489 g/mol. The Morgan fingerprint density at radius 3 is 1.32 bits per heavy atom. The van der Waals surface area contributed by atoms with Gasteiger partial charge < -0.3 is 19.5 Å². The first kappa shape index (κ1) is 22.9. The second-order valence-corrected chi connectivity index (χ2v) is 7.56. The highest BCUT2D eigenvalue weighted by atomic mass is 32.1. The zero-order chi connectivity index (χ0) is 23.6. The predicted molar refractivity (Wildman–Crippen MR) is 142 cm³/mol. The molecule has 8 nitrogen and oxygen atoms in total. The standard InChI is InChI=1S/C24H20N6O2S2/c33-23(25-17-9-3-1-4-10-17)29-27-21(19-13-7-15-31-19)22(20-14-8-16-32-20)28-30-24(34)26-18-11-5-2-6-12-18/h1-16H,(H2,25,29,33)(H2,26,30,34)/b27-21+,28-22+. The lowest BCUT2D eigenvalue weighted by Crippen LogP contribution is -2.30. The molecule has 170 valence electrons. The summed E-state index contributed by atoms with van der Waals surface area (Å²) in [7, 11) is 0. The maximum absolute atomic E-state index is 5.59. The van der Waals surface area contributed by atoms with E-state index in [1.54, 1.807) is 36.8 Å². The van der Waals surface area contributed by atoms with Crippen LogP contribution < -0.4 is 21.5 Å². The summed E-state index contributed by atoms with van der Waals surface area (Å²) >= 11 is 10.8. The van der Waals surface area contributed by atoms with E-state index < -0.39 is 0 Å². The second kappa shape index (κ2) is 11.5. The minimum atomic E-state index is 0.295. The molecule has 0 atom stereocenters. The lowest BCUT2D eigenvalue weighted by molar-refractivity contribution is 0.552. The summed E-state index contributed by atoms with van der Waals surface area (Å²) in [5.41, 5.74) is 8.04. The van der Waals surface area contributed by atoms with Gasteiger partial charge in [0.05, 0.1) is 12.5 Å². The highest BCUT2D eigenvalue weighted by Gasteiger charge is 2.20. The maximum atomic E-state index is 5.59. The van der Waals surface area contributed by atoms with Gasteiger partial charge >= 0.3 is 0 Å². The van der Waals surface area contributed by atoms with Crippen LogP contribution in [0.3, 0.4) is 0 Å². The van der Waals surface area contributed by atoms with Crippen molar-refractivity contribution in [1.29, 1.82) is 0 Å². The Labute approximate surface area is 206 Å². The molecule has 2 heterocycles. The first-order valence-electron chi connectivity index (χ1n) is 10.2. The van der Waals surface area contributed by atoms with Crippen LogP contribution in [0.25, 0.3) is 0 Å². The van der Waals surface area contributed by atoms with Crippen LogP contribution in [-0.2, 0) is 0 Å². The number of nitrogens with zero attached hydrogens (tertiary/aromatic N) is 2. The fraction of sp³-hybridized carbons (Fsp3) is 0. The quantitative estimate of drug-likeness (QED) is 0.165. The van der Waals surface area contributed by atoms with Gasteiger partial charge in [-0.1, -0.05) is 36.4 Å². The Balaban J connectivity index is 1.58. The number of furan rings is 2. The zero-order valence-electron chi connectivity index (χ0n) is 17.8. The van der Waals surface area contributed by atoms with Crippen molar-refractivity contribution in [3.63, 3.8) is 0 Å². The van der Waals surface area contributed by atoms with Gasteiger partial charge in [-0.05, 0) is 73.0 Å². The van der Waals surface area contributed by atoms with Crippen molar-refractivity contribution in [3.05, 3.63) is 109 Å². The van der Waals surface area contributed by atoms with Gasteiger partial charge in [0, 0.05) is 11.4 Å². The van der Waals surface area contributed by atoms with Crippen molar-refractivity contribution in [2.24, 2.45) is 10.2 Å². The summed E-state index contributed by atoms with van der Waals surface area (Å²) < 4.78 is 11.2. The highest BCUT2D eigenvalue weighted by Crippen LogP contribution is 2.12. The van der Waals surface area contributed by atoms with E-state index in [0.717, 1.165) is 11.4 Å². The average Bonchev–Trinajstić information content (AvgIpc) is 3.57. The van der Waals surface area contributed by atoms with E-state index in [2.05, 4.69) is 31.7 Å². The lowest BCUT2D eigenvalue weighted by Gasteiger charge is -2.11. The molecular formula is C24H20N6O2S2. The SMILES string of the molecule is S=C(N/N=C(/C(=N/NC(=S)Nc1ccccc1)c1ccco1)c1ccco1)Nc1ccccc1. The van der Waals surface area contributed by atoms with E-state index in [-0.39, 0.29) is 0 Å². The Bertz CT molecular complexity index is 1170. The molecule has 0 aliphatic rings. The summed E-state index contributed by atoms with van der Waals surface area (Å²) in [5, 5.41) is 15.6. The molecule has 4 aromatic rings. The largest absolute Gasteiger partial charge is 0.463 e. The predicted octanol–water partition coefficient (Wildman–Crippen LogP) is 4.95. The first-order chi connectivity index (χ1) is 16.7. The van der Waals surface area contributed by atoms with Crippen molar-refractivity contribution in [3.8, 4) is 0 Å². The van der Waals surface area contributed by atoms with Gasteiger partial charge in [-0.15, -0.1) is 0 Å². The molecule has 34 heavy (non-hydrogen) atoms. The molecule has 10 heteroatoms. The fourth-order valence-electron chi connectivity index (χ4n) is 2.85. The summed E-state index contributed by atoms with van der Waals surface area (Å²) in [6, 6.07) is 26.1. The van der Waals surface area contributed by atoms with Crippen LogP contribution in [0.15, 0.2) is 116 Å². The van der Waals surface area contributed by atoms with Gasteiger partial charge in [0.15, 0.2) is 33.2 Å². The highest BCUT2D eigenvalue weighted by molar-refractivity contribution is 7.80. The van der Waals surface area contributed by atoms with Crippen LogP contribution in [-0.4, -0.2) is 21.6 Å². The van der Waals surface area contributed by atoms with E-state index >= 15 is 0 Å². The summed E-state index contributed by atoms with van der Waals surface area (Å²) in [6.45, 7) is 0. The van der Waals surface area contributed by atoms with E-state index in [1.807, 2.05) is 60.7 Å². The molecule has 0 unspecified atom stereocenters. The van der Waals surface area contributed by atoms with E-state index in [4.69, 9.17) is 33.3 Å². The number of thiocarbonyl (C=S) groups is 2. The number of hydrazone groups is 2.